The van der Waals surface area contributed by atoms with Gasteiger partial charge in [-0.05, 0) is 57.3 Å². The summed E-state index contributed by atoms with van der Waals surface area (Å²) in [6.45, 7) is 0. The second-order valence-electron chi connectivity index (χ2n) is 12.8. The summed E-state index contributed by atoms with van der Waals surface area (Å²) in [5.41, 5.74) is 11.3. The van der Waals surface area contributed by atoms with Crippen LogP contribution in [0.3, 0.4) is 0 Å². The van der Waals surface area contributed by atoms with E-state index in [0.29, 0.717) is 17.5 Å². The van der Waals surface area contributed by atoms with Gasteiger partial charge in [-0.15, -0.1) is 0 Å². The smallest absolute Gasteiger partial charge is 0.164 e. The highest BCUT2D eigenvalue weighted by Gasteiger charge is 2.14. The monoisotopic (exact) mass is 664 g/mol. The Labute approximate surface area is 302 Å². The number of hydrogen-bond donors (Lipinski definition) is 0. The number of fused-ring (bicyclic) bond motifs is 1. The molecule has 9 aromatic rings. The van der Waals surface area contributed by atoms with E-state index in [1.807, 2.05) is 66.7 Å². The van der Waals surface area contributed by atoms with Gasteiger partial charge >= 0.3 is 0 Å². The first-order valence-electron chi connectivity index (χ1n) is 17.4. The highest BCUT2D eigenvalue weighted by Crippen LogP contribution is 2.34. The van der Waals surface area contributed by atoms with Crippen molar-refractivity contribution in [2.75, 3.05) is 0 Å². The van der Waals surface area contributed by atoms with E-state index < -0.39 is 0 Å². The Kier molecular flexibility index (Phi) is 8.16. The Morgan fingerprint density at radius 1 is 0.212 bits per heavy atom. The van der Waals surface area contributed by atoms with Crippen LogP contribution in [0.15, 0.2) is 194 Å². The number of aromatic nitrogens is 4. The minimum Gasteiger partial charge on any atom is -0.248 e. The highest BCUT2D eigenvalue weighted by atomic mass is 15.0. The summed E-state index contributed by atoms with van der Waals surface area (Å²) in [5, 5.41) is 2.45. The molecule has 0 spiro atoms. The normalized spacial score (nSPS) is 11.1. The molecule has 4 nitrogen and oxygen atoms in total. The lowest BCUT2D eigenvalue weighted by atomic mass is 9.97. The largest absolute Gasteiger partial charge is 0.248 e. The van der Waals surface area contributed by atoms with Gasteiger partial charge in [-0.3, -0.25) is 0 Å². The van der Waals surface area contributed by atoms with Gasteiger partial charge in [0.2, 0.25) is 0 Å². The molecule has 0 amide bonds. The van der Waals surface area contributed by atoms with Crippen molar-refractivity contribution in [3.05, 3.63) is 194 Å². The average molecular weight is 665 g/mol. The molecule has 0 saturated heterocycles. The van der Waals surface area contributed by atoms with Crippen molar-refractivity contribution < 1.29 is 0 Å². The summed E-state index contributed by atoms with van der Waals surface area (Å²) in [6, 6.07) is 67.1. The lowest BCUT2D eigenvalue weighted by Gasteiger charge is -2.12. The van der Waals surface area contributed by atoms with E-state index in [-0.39, 0.29) is 0 Å². The van der Waals surface area contributed by atoms with Crippen LogP contribution in [0.25, 0.3) is 89.7 Å². The highest BCUT2D eigenvalue weighted by molar-refractivity contribution is 5.88. The molecule has 0 atom stereocenters. The zero-order valence-corrected chi connectivity index (χ0v) is 28.3. The average Bonchev–Trinajstić information content (AvgIpc) is 3.24. The summed E-state index contributed by atoms with van der Waals surface area (Å²) in [5.74, 6) is 1.93. The van der Waals surface area contributed by atoms with E-state index >= 15 is 0 Å². The molecule has 7 aromatic carbocycles. The summed E-state index contributed by atoms with van der Waals surface area (Å²) in [4.78, 5) is 19.9. The third kappa shape index (κ3) is 6.37. The number of pyridine rings is 1. The third-order valence-corrected chi connectivity index (χ3v) is 9.31. The fraction of sp³-hybridized carbons (Fsp3) is 0. The molecular formula is C48H32N4. The van der Waals surface area contributed by atoms with Crippen LogP contribution < -0.4 is 0 Å². The molecule has 0 unspecified atom stereocenters. The van der Waals surface area contributed by atoms with Gasteiger partial charge in [-0.1, -0.05) is 170 Å². The molecule has 0 radical (unpaired) electrons. The summed E-state index contributed by atoms with van der Waals surface area (Å²) in [7, 11) is 0. The second-order valence-corrected chi connectivity index (χ2v) is 12.8. The zero-order valence-electron chi connectivity index (χ0n) is 28.3. The predicted molar refractivity (Wildman–Crippen MR) is 213 cm³/mol. The van der Waals surface area contributed by atoms with E-state index in [2.05, 4.69) is 127 Å². The fourth-order valence-electron chi connectivity index (χ4n) is 6.58. The molecule has 9 rings (SSSR count). The van der Waals surface area contributed by atoms with E-state index in [1.165, 1.54) is 10.8 Å². The first-order valence-corrected chi connectivity index (χ1v) is 17.4. The summed E-state index contributed by atoms with van der Waals surface area (Å²) < 4.78 is 0. The molecule has 0 N–H and O–H groups in total. The second kappa shape index (κ2) is 13.7. The van der Waals surface area contributed by atoms with Crippen molar-refractivity contribution in [3.63, 3.8) is 0 Å². The Bertz CT molecular complexity index is 2600. The quantitative estimate of drug-likeness (QED) is 0.170. The molecule has 2 heterocycles. The van der Waals surface area contributed by atoms with Crippen molar-refractivity contribution in [3.8, 4) is 78.9 Å². The molecule has 0 saturated carbocycles. The summed E-state index contributed by atoms with van der Waals surface area (Å²) in [6.07, 6.45) is 0. The SMILES string of the molecule is c1ccc(-c2cc(-c3ccc4ccccc4c3)cc(-c3ccc(-c4cccc(-c5nc(-c6ccccc6)nc(-c6ccccc6)n5)c4)cc3)n2)cc1. The molecule has 2 aromatic heterocycles. The van der Waals surface area contributed by atoms with Crippen LogP contribution in [-0.4, -0.2) is 19.9 Å². The molecule has 0 fully saturated rings. The Morgan fingerprint density at radius 2 is 0.635 bits per heavy atom. The third-order valence-electron chi connectivity index (χ3n) is 9.31. The van der Waals surface area contributed by atoms with Crippen LogP contribution in [0.1, 0.15) is 0 Å². The lowest BCUT2D eigenvalue weighted by molar-refractivity contribution is 1.07. The lowest BCUT2D eigenvalue weighted by Crippen LogP contribution is -2.00. The van der Waals surface area contributed by atoms with Crippen LogP contribution >= 0.6 is 0 Å². The molecule has 0 aliphatic carbocycles. The van der Waals surface area contributed by atoms with Gasteiger partial charge in [0.1, 0.15) is 0 Å². The minimum absolute atomic E-state index is 0.634. The zero-order chi connectivity index (χ0) is 34.7. The van der Waals surface area contributed by atoms with Crippen LogP contribution in [0.5, 0.6) is 0 Å². The molecule has 244 valence electrons. The van der Waals surface area contributed by atoms with Gasteiger partial charge < -0.3 is 0 Å². The molecule has 0 aliphatic rings. The van der Waals surface area contributed by atoms with Crippen molar-refractivity contribution in [2.24, 2.45) is 0 Å². The van der Waals surface area contributed by atoms with Crippen LogP contribution in [-0.2, 0) is 0 Å². The Morgan fingerprint density at radius 3 is 1.25 bits per heavy atom. The Hall–Kier alpha value is -7.04. The van der Waals surface area contributed by atoms with Gasteiger partial charge in [-0.25, -0.2) is 19.9 Å². The number of benzene rings is 7. The maximum absolute atomic E-state index is 5.16. The topological polar surface area (TPSA) is 51.6 Å². The van der Waals surface area contributed by atoms with Crippen molar-refractivity contribution in [1.29, 1.82) is 0 Å². The molecular weight excluding hydrogens is 633 g/mol. The van der Waals surface area contributed by atoms with E-state index in [4.69, 9.17) is 19.9 Å². The van der Waals surface area contributed by atoms with Crippen molar-refractivity contribution in [1.82, 2.24) is 19.9 Å². The number of nitrogens with zero attached hydrogens (tertiary/aromatic N) is 4. The first-order chi connectivity index (χ1) is 25.7. The van der Waals surface area contributed by atoms with E-state index in [9.17, 15) is 0 Å². The minimum atomic E-state index is 0.634. The molecule has 4 heteroatoms. The van der Waals surface area contributed by atoms with E-state index in [0.717, 1.165) is 61.5 Å². The van der Waals surface area contributed by atoms with Crippen LogP contribution in [0.4, 0.5) is 0 Å². The van der Waals surface area contributed by atoms with Gasteiger partial charge in [0.05, 0.1) is 11.4 Å². The fourth-order valence-corrected chi connectivity index (χ4v) is 6.58. The first kappa shape index (κ1) is 31.0. The van der Waals surface area contributed by atoms with Crippen molar-refractivity contribution >= 4 is 10.8 Å². The van der Waals surface area contributed by atoms with Crippen molar-refractivity contribution in [2.45, 2.75) is 0 Å². The molecule has 0 bridgehead atoms. The van der Waals surface area contributed by atoms with E-state index in [1.54, 1.807) is 0 Å². The predicted octanol–water partition coefficient (Wildman–Crippen LogP) is 12.1. The van der Waals surface area contributed by atoms with Gasteiger partial charge in [0.15, 0.2) is 17.5 Å². The number of rotatable bonds is 7. The standard InChI is InChI=1S/C48H32N4/c1-4-14-35(15-5-1)44-31-43(41-28-25-33-13-10-11-20-39(33)29-41)32-45(49-44)36-26-23-34(24-27-36)40-21-12-22-42(30-40)48-51-46(37-16-6-2-7-17-37)50-47(52-48)38-18-8-3-9-19-38/h1-32H. The van der Waals surface area contributed by atoms with Gasteiger partial charge in [0.25, 0.3) is 0 Å². The Balaban J connectivity index is 1.08. The maximum Gasteiger partial charge on any atom is 0.164 e. The van der Waals surface area contributed by atoms with Crippen LogP contribution in [0.2, 0.25) is 0 Å². The molecule has 0 aliphatic heterocycles. The van der Waals surface area contributed by atoms with Gasteiger partial charge in [-0.2, -0.15) is 0 Å². The number of hydrogen-bond acceptors (Lipinski definition) is 4. The molecule has 52 heavy (non-hydrogen) atoms. The van der Waals surface area contributed by atoms with Gasteiger partial charge in [0, 0.05) is 27.8 Å². The maximum atomic E-state index is 5.16. The van der Waals surface area contributed by atoms with Crippen LogP contribution in [0, 0.1) is 0 Å². The summed E-state index contributed by atoms with van der Waals surface area (Å²) >= 11 is 0.